The maximum Gasteiger partial charge on any atom is 0.0619 e. The molecule has 1 N–H and O–H groups in total. The van der Waals surface area contributed by atoms with Crippen molar-refractivity contribution < 1.29 is 9.47 Å². The molecule has 0 amide bonds. The number of ether oxygens (including phenoxy) is 2. The maximum atomic E-state index is 5.82. The highest BCUT2D eigenvalue weighted by molar-refractivity contribution is 4.64. The van der Waals surface area contributed by atoms with E-state index in [1.54, 1.807) is 0 Å². The first-order valence-corrected chi connectivity index (χ1v) is 7.11. The molecule has 1 saturated heterocycles. The van der Waals surface area contributed by atoms with Gasteiger partial charge in [0.15, 0.2) is 0 Å². The van der Waals surface area contributed by atoms with Crippen molar-refractivity contribution in [1.82, 2.24) is 5.32 Å². The quantitative estimate of drug-likeness (QED) is 0.665. The summed E-state index contributed by atoms with van der Waals surface area (Å²) in [5.74, 6) is 0.803. The Kier molecular flexibility index (Phi) is 7.82. The Morgan fingerprint density at radius 3 is 2.53 bits per heavy atom. The van der Waals surface area contributed by atoms with E-state index in [1.165, 1.54) is 12.8 Å². The van der Waals surface area contributed by atoms with E-state index >= 15 is 0 Å². The Balaban J connectivity index is 1.92. The van der Waals surface area contributed by atoms with E-state index in [-0.39, 0.29) is 0 Å². The molecule has 0 aromatic rings. The zero-order valence-electron chi connectivity index (χ0n) is 11.7. The van der Waals surface area contributed by atoms with Crippen LogP contribution in [0.2, 0.25) is 0 Å². The maximum absolute atomic E-state index is 5.82. The minimum Gasteiger partial charge on any atom is -0.381 e. The summed E-state index contributed by atoms with van der Waals surface area (Å²) in [7, 11) is 0. The summed E-state index contributed by atoms with van der Waals surface area (Å²) in [5.41, 5.74) is 0. The third-order valence-corrected chi connectivity index (χ3v) is 3.29. The van der Waals surface area contributed by atoms with Crippen molar-refractivity contribution in [1.29, 1.82) is 0 Å². The molecule has 1 fully saturated rings. The van der Waals surface area contributed by atoms with Gasteiger partial charge < -0.3 is 14.8 Å². The van der Waals surface area contributed by atoms with Crippen LogP contribution in [0.1, 0.15) is 46.5 Å². The van der Waals surface area contributed by atoms with Crippen LogP contribution in [-0.2, 0) is 9.47 Å². The Labute approximate surface area is 106 Å². The molecular formula is C14H29NO2. The second kappa shape index (κ2) is 8.90. The average Bonchev–Trinajstić information content (AvgIpc) is 2.33. The first-order chi connectivity index (χ1) is 8.18. The van der Waals surface area contributed by atoms with E-state index in [1.807, 2.05) is 0 Å². The lowest BCUT2D eigenvalue weighted by molar-refractivity contribution is -0.0308. The average molecular weight is 243 g/mol. The minimum absolute atomic E-state index is 0.427. The van der Waals surface area contributed by atoms with Crippen LogP contribution >= 0.6 is 0 Å². The molecular weight excluding hydrogens is 214 g/mol. The van der Waals surface area contributed by atoms with E-state index in [4.69, 9.17) is 9.47 Å². The second-order valence-electron chi connectivity index (χ2n) is 5.51. The molecule has 0 spiro atoms. The lowest BCUT2D eigenvalue weighted by Crippen LogP contribution is -2.32. The fourth-order valence-electron chi connectivity index (χ4n) is 2.06. The summed E-state index contributed by atoms with van der Waals surface area (Å²) in [6.45, 7) is 10.3. The molecule has 1 aliphatic heterocycles. The van der Waals surface area contributed by atoms with Crippen molar-refractivity contribution >= 4 is 0 Å². The third kappa shape index (κ3) is 7.74. The zero-order valence-corrected chi connectivity index (χ0v) is 11.7. The fourth-order valence-corrected chi connectivity index (χ4v) is 2.06. The summed E-state index contributed by atoms with van der Waals surface area (Å²) in [5, 5.41) is 3.52. The molecule has 1 rings (SSSR count). The molecule has 0 radical (unpaired) electrons. The number of rotatable bonds is 8. The lowest BCUT2D eigenvalue weighted by Gasteiger charge is -2.23. The smallest absolute Gasteiger partial charge is 0.0619 e. The molecule has 17 heavy (non-hydrogen) atoms. The molecule has 3 heteroatoms. The van der Waals surface area contributed by atoms with Gasteiger partial charge in [-0.3, -0.25) is 0 Å². The van der Waals surface area contributed by atoms with Crippen LogP contribution in [-0.4, -0.2) is 38.5 Å². The molecule has 0 aromatic heterocycles. The normalized spacial score (nSPS) is 19.8. The summed E-state index contributed by atoms with van der Waals surface area (Å²) in [4.78, 5) is 0. The van der Waals surface area contributed by atoms with Gasteiger partial charge in [-0.05, 0) is 38.5 Å². The molecule has 3 nitrogen and oxygen atoms in total. The SMILES string of the molecule is CC(C)CCC(C)NCCOC1CCOCC1. The molecule has 0 saturated carbocycles. The standard InChI is InChI=1S/C14H29NO2/c1-12(2)4-5-13(3)15-8-11-17-14-6-9-16-10-7-14/h12-15H,4-11H2,1-3H3. The van der Waals surface area contributed by atoms with Crippen LogP contribution < -0.4 is 5.32 Å². The van der Waals surface area contributed by atoms with Gasteiger partial charge in [-0.2, -0.15) is 0 Å². The Hall–Kier alpha value is -0.120. The molecule has 1 heterocycles. The number of hydrogen-bond donors (Lipinski definition) is 1. The van der Waals surface area contributed by atoms with Gasteiger partial charge in [0.05, 0.1) is 12.7 Å². The van der Waals surface area contributed by atoms with Crippen LogP contribution in [0.25, 0.3) is 0 Å². The molecule has 102 valence electrons. The largest absolute Gasteiger partial charge is 0.381 e. The van der Waals surface area contributed by atoms with Crippen molar-refractivity contribution in [2.45, 2.75) is 58.6 Å². The predicted molar refractivity (Wildman–Crippen MR) is 71.3 cm³/mol. The van der Waals surface area contributed by atoms with Gasteiger partial charge in [0.25, 0.3) is 0 Å². The number of nitrogens with one attached hydrogen (secondary N) is 1. The summed E-state index contributed by atoms with van der Waals surface area (Å²) in [6, 6.07) is 0.607. The first kappa shape index (κ1) is 14.9. The fraction of sp³-hybridized carbons (Fsp3) is 1.00. The zero-order chi connectivity index (χ0) is 12.5. The molecule has 0 bridgehead atoms. The summed E-state index contributed by atoms with van der Waals surface area (Å²) < 4.78 is 11.1. The van der Waals surface area contributed by atoms with E-state index in [2.05, 4.69) is 26.1 Å². The van der Waals surface area contributed by atoms with Crippen molar-refractivity contribution in [3.8, 4) is 0 Å². The summed E-state index contributed by atoms with van der Waals surface area (Å²) in [6.07, 6.45) is 5.10. The molecule has 1 unspecified atom stereocenters. The Morgan fingerprint density at radius 2 is 1.88 bits per heavy atom. The van der Waals surface area contributed by atoms with Crippen LogP contribution in [0, 0.1) is 5.92 Å². The molecule has 1 atom stereocenters. The third-order valence-electron chi connectivity index (χ3n) is 3.29. The highest BCUT2D eigenvalue weighted by atomic mass is 16.5. The Morgan fingerprint density at radius 1 is 1.18 bits per heavy atom. The molecule has 0 aromatic carbocycles. The summed E-state index contributed by atoms with van der Waals surface area (Å²) >= 11 is 0. The van der Waals surface area contributed by atoms with Gasteiger partial charge in [-0.25, -0.2) is 0 Å². The van der Waals surface area contributed by atoms with Crippen molar-refractivity contribution in [2.75, 3.05) is 26.4 Å². The first-order valence-electron chi connectivity index (χ1n) is 7.11. The lowest BCUT2D eigenvalue weighted by atomic mass is 10.0. The van der Waals surface area contributed by atoms with Gasteiger partial charge in [-0.15, -0.1) is 0 Å². The van der Waals surface area contributed by atoms with E-state index < -0.39 is 0 Å². The molecule has 0 aliphatic carbocycles. The van der Waals surface area contributed by atoms with Gasteiger partial charge in [-0.1, -0.05) is 13.8 Å². The minimum atomic E-state index is 0.427. The topological polar surface area (TPSA) is 30.5 Å². The van der Waals surface area contributed by atoms with Crippen LogP contribution in [0.15, 0.2) is 0 Å². The van der Waals surface area contributed by atoms with Gasteiger partial charge >= 0.3 is 0 Å². The monoisotopic (exact) mass is 243 g/mol. The van der Waals surface area contributed by atoms with Crippen molar-refractivity contribution in [3.63, 3.8) is 0 Å². The second-order valence-corrected chi connectivity index (χ2v) is 5.51. The van der Waals surface area contributed by atoms with Crippen LogP contribution in [0.4, 0.5) is 0 Å². The van der Waals surface area contributed by atoms with Crippen LogP contribution in [0.3, 0.4) is 0 Å². The molecule has 1 aliphatic rings. The van der Waals surface area contributed by atoms with Crippen molar-refractivity contribution in [2.24, 2.45) is 5.92 Å². The number of hydrogen-bond acceptors (Lipinski definition) is 3. The van der Waals surface area contributed by atoms with E-state index in [0.29, 0.717) is 12.1 Å². The highest BCUT2D eigenvalue weighted by Crippen LogP contribution is 2.10. The van der Waals surface area contributed by atoms with Gasteiger partial charge in [0.2, 0.25) is 0 Å². The van der Waals surface area contributed by atoms with E-state index in [9.17, 15) is 0 Å². The van der Waals surface area contributed by atoms with E-state index in [0.717, 1.165) is 45.1 Å². The predicted octanol–water partition coefficient (Wildman–Crippen LogP) is 2.60. The highest BCUT2D eigenvalue weighted by Gasteiger charge is 2.13. The van der Waals surface area contributed by atoms with Crippen LogP contribution in [0.5, 0.6) is 0 Å². The Bertz CT molecular complexity index is 179. The van der Waals surface area contributed by atoms with Gasteiger partial charge in [0, 0.05) is 25.8 Å². The van der Waals surface area contributed by atoms with Gasteiger partial charge in [0.1, 0.15) is 0 Å². The van der Waals surface area contributed by atoms with Crippen molar-refractivity contribution in [3.05, 3.63) is 0 Å².